The topological polar surface area (TPSA) is 57.8 Å². The van der Waals surface area contributed by atoms with Gasteiger partial charge < -0.3 is 5.32 Å². The predicted molar refractivity (Wildman–Crippen MR) is 118 cm³/mol. The van der Waals surface area contributed by atoms with Gasteiger partial charge in [-0.25, -0.2) is 0 Å². The Morgan fingerprint density at radius 2 is 1.78 bits per heavy atom. The number of thioether (sulfide) groups is 1. The molecule has 0 aliphatic rings. The summed E-state index contributed by atoms with van der Waals surface area (Å²) in [6.07, 6.45) is 13.2. The van der Waals surface area contributed by atoms with Gasteiger partial charge in [0.2, 0.25) is 5.91 Å². The lowest BCUT2D eigenvalue weighted by molar-refractivity contribution is -0.119. The van der Waals surface area contributed by atoms with Crippen molar-refractivity contribution in [2.75, 3.05) is 11.5 Å². The number of hydrogen-bond donors (Lipinski definition) is 2. The van der Waals surface area contributed by atoms with Crippen LogP contribution in [0.15, 0.2) is 47.2 Å². The summed E-state index contributed by atoms with van der Waals surface area (Å²) in [5.74, 6) is 1.77. The number of allylic oxidation sites excluding steroid dienone is 5. The van der Waals surface area contributed by atoms with Gasteiger partial charge in [-0.1, -0.05) is 34.9 Å². The van der Waals surface area contributed by atoms with E-state index >= 15 is 0 Å². The number of nitrogens with one attached hydrogen (secondary N) is 2. The van der Waals surface area contributed by atoms with E-state index in [0.717, 1.165) is 42.9 Å². The van der Waals surface area contributed by atoms with Crippen LogP contribution >= 0.6 is 11.8 Å². The molecule has 0 saturated heterocycles. The average molecular weight is 390 g/mol. The molecule has 1 atom stereocenters. The first-order valence-electron chi connectivity index (χ1n) is 9.67. The zero-order chi connectivity index (χ0) is 20.1. The van der Waals surface area contributed by atoms with Crippen molar-refractivity contribution in [2.24, 2.45) is 0 Å². The molecule has 1 amide bonds. The molecule has 1 aromatic rings. The molecule has 150 valence electrons. The van der Waals surface area contributed by atoms with Crippen LogP contribution in [0.25, 0.3) is 0 Å². The highest BCUT2D eigenvalue weighted by atomic mass is 32.2. The summed E-state index contributed by atoms with van der Waals surface area (Å²) in [4.78, 5) is 11.4. The first-order valence-corrected chi connectivity index (χ1v) is 10.8. The first-order chi connectivity index (χ1) is 12.9. The molecule has 1 rings (SSSR count). The molecule has 1 aromatic heterocycles. The third-order valence-electron chi connectivity index (χ3n) is 4.23. The number of hydrogen-bond acceptors (Lipinski definition) is 3. The normalized spacial score (nSPS) is 13.4. The summed E-state index contributed by atoms with van der Waals surface area (Å²) in [6, 6.07) is 1.89. The van der Waals surface area contributed by atoms with Crippen LogP contribution < -0.4 is 5.32 Å². The van der Waals surface area contributed by atoms with E-state index in [1.165, 1.54) is 16.7 Å². The van der Waals surface area contributed by atoms with E-state index in [9.17, 15) is 4.79 Å². The van der Waals surface area contributed by atoms with Crippen molar-refractivity contribution >= 4 is 17.7 Å². The Morgan fingerprint density at radius 3 is 2.37 bits per heavy atom. The van der Waals surface area contributed by atoms with Gasteiger partial charge >= 0.3 is 0 Å². The van der Waals surface area contributed by atoms with Gasteiger partial charge in [0.1, 0.15) is 0 Å². The average Bonchev–Trinajstić information content (AvgIpc) is 3.11. The van der Waals surface area contributed by atoms with E-state index in [1.807, 2.05) is 17.8 Å². The minimum Gasteiger partial charge on any atom is -0.347 e. The second kappa shape index (κ2) is 13.4. The lowest BCUT2D eigenvalue weighted by Gasteiger charge is -2.15. The summed E-state index contributed by atoms with van der Waals surface area (Å²) in [5.41, 5.74) is 5.25. The summed E-state index contributed by atoms with van der Waals surface area (Å²) >= 11 is 1.82. The lowest BCUT2D eigenvalue weighted by Crippen LogP contribution is -2.28. The second-order valence-electron chi connectivity index (χ2n) is 7.26. The van der Waals surface area contributed by atoms with Gasteiger partial charge in [-0.3, -0.25) is 9.89 Å². The molecule has 0 bridgehead atoms. The molecule has 0 fully saturated rings. The van der Waals surface area contributed by atoms with Gasteiger partial charge in [0.25, 0.3) is 0 Å². The number of rotatable bonds is 12. The summed E-state index contributed by atoms with van der Waals surface area (Å²) in [7, 11) is 0. The lowest BCUT2D eigenvalue weighted by atomic mass is 10.1. The van der Waals surface area contributed by atoms with Crippen molar-refractivity contribution in [3.05, 3.63) is 52.9 Å². The van der Waals surface area contributed by atoms with Crippen LogP contribution in [0, 0.1) is 0 Å². The highest BCUT2D eigenvalue weighted by Gasteiger charge is 2.13. The Hall–Kier alpha value is -1.75. The van der Waals surface area contributed by atoms with E-state index in [4.69, 9.17) is 0 Å². The molecule has 5 heteroatoms. The van der Waals surface area contributed by atoms with Gasteiger partial charge in [-0.05, 0) is 59.4 Å². The van der Waals surface area contributed by atoms with Gasteiger partial charge in [-0.15, -0.1) is 0 Å². The van der Waals surface area contributed by atoms with E-state index in [1.54, 1.807) is 13.1 Å². The van der Waals surface area contributed by atoms with Gasteiger partial charge in [0, 0.05) is 24.6 Å². The van der Waals surface area contributed by atoms with Crippen LogP contribution in [0.1, 0.15) is 72.0 Å². The standard InChI is InChI=1S/C22H35N3OS/c1-17(2)8-6-9-18(3)10-7-11-19(4)13-15-27-16-22(24-20(5)26)21-12-14-23-25-21/h8,10,12-14,22H,6-7,9,11,15-16H2,1-5H3,(H,23,25)(H,24,26). The van der Waals surface area contributed by atoms with E-state index in [2.05, 4.69) is 61.4 Å². The first kappa shape index (κ1) is 23.3. The predicted octanol–water partition coefficient (Wildman–Crippen LogP) is 5.74. The summed E-state index contributed by atoms with van der Waals surface area (Å²) in [5, 5.41) is 9.90. The van der Waals surface area contributed by atoms with Crippen molar-refractivity contribution < 1.29 is 4.79 Å². The fourth-order valence-corrected chi connectivity index (χ4v) is 3.68. The molecule has 1 heterocycles. The smallest absolute Gasteiger partial charge is 0.217 e. The SMILES string of the molecule is CC(=O)NC(CSCC=C(C)CCC=C(C)CCC=C(C)C)c1ccn[nH]1. The molecule has 0 spiro atoms. The van der Waals surface area contributed by atoms with Crippen molar-refractivity contribution in [2.45, 2.75) is 66.3 Å². The van der Waals surface area contributed by atoms with Crippen LogP contribution in [-0.2, 0) is 4.79 Å². The molecule has 1 unspecified atom stereocenters. The number of carbonyl (C=O) groups excluding carboxylic acids is 1. The Labute approximate surface area is 169 Å². The fourth-order valence-electron chi connectivity index (χ4n) is 2.64. The van der Waals surface area contributed by atoms with Crippen molar-refractivity contribution in [1.82, 2.24) is 15.5 Å². The maximum absolute atomic E-state index is 11.4. The number of H-pyrrole nitrogens is 1. The highest BCUT2D eigenvalue weighted by molar-refractivity contribution is 7.99. The Balaban J connectivity index is 2.31. The molecule has 0 aromatic carbocycles. The van der Waals surface area contributed by atoms with Crippen LogP contribution in [0.5, 0.6) is 0 Å². The maximum atomic E-state index is 11.4. The molecule has 0 aliphatic carbocycles. The minimum absolute atomic E-state index is 0.0184. The van der Waals surface area contributed by atoms with Crippen LogP contribution in [0.4, 0.5) is 0 Å². The van der Waals surface area contributed by atoms with Crippen molar-refractivity contribution in [1.29, 1.82) is 0 Å². The van der Waals surface area contributed by atoms with Crippen LogP contribution in [0.2, 0.25) is 0 Å². The molecule has 27 heavy (non-hydrogen) atoms. The third-order valence-corrected chi connectivity index (χ3v) is 5.20. The molecular weight excluding hydrogens is 354 g/mol. The molecule has 2 N–H and O–H groups in total. The zero-order valence-electron chi connectivity index (χ0n) is 17.5. The second-order valence-corrected chi connectivity index (χ2v) is 8.34. The molecule has 4 nitrogen and oxygen atoms in total. The number of aromatic amines is 1. The van der Waals surface area contributed by atoms with Gasteiger partial charge in [0.05, 0.1) is 11.7 Å². The highest BCUT2D eigenvalue weighted by Crippen LogP contribution is 2.18. The van der Waals surface area contributed by atoms with E-state index in [0.29, 0.717) is 0 Å². The number of aromatic nitrogens is 2. The number of carbonyl (C=O) groups is 1. The molecule has 0 radical (unpaired) electrons. The fraction of sp³-hybridized carbons (Fsp3) is 0.545. The van der Waals surface area contributed by atoms with Crippen molar-refractivity contribution in [3.8, 4) is 0 Å². The molecule has 0 saturated carbocycles. The number of amides is 1. The number of nitrogens with zero attached hydrogens (tertiary/aromatic N) is 1. The summed E-state index contributed by atoms with van der Waals surface area (Å²) in [6.45, 7) is 10.3. The van der Waals surface area contributed by atoms with E-state index in [-0.39, 0.29) is 11.9 Å². The van der Waals surface area contributed by atoms with E-state index < -0.39 is 0 Å². The van der Waals surface area contributed by atoms with Gasteiger partial charge in [0.15, 0.2) is 0 Å². The maximum Gasteiger partial charge on any atom is 0.217 e. The molecule has 0 aliphatic heterocycles. The molecular formula is C22H35N3OS. The largest absolute Gasteiger partial charge is 0.347 e. The van der Waals surface area contributed by atoms with Crippen LogP contribution in [-0.4, -0.2) is 27.6 Å². The Morgan fingerprint density at radius 1 is 1.11 bits per heavy atom. The van der Waals surface area contributed by atoms with Crippen LogP contribution in [0.3, 0.4) is 0 Å². The zero-order valence-corrected chi connectivity index (χ0v) is 18.3. The third kappa shape index (κ3) is 11.5. The van der Waals surface area contributed by atoms with Gasteiger partial charge in [-0.2, -0.15) is 16.9 Å². The quantitative estimate of drug-likeness (QED) is 0.354. The summed E-state index contributed by atoms with van der Waals surface area (Å²) < 4.78 is 0. The minimum atomic E-state index is -0.0198. The monoisotopic (exact) mass is 389 g/mol. The Bertz CT molecular complexity index is 641. The Kier molecular flexibility index (Phi) is 11.6. The van der Waals surface area contributed by atoms with Crippen molar-refractivity contribution in [3.63, 3.8) is 0 Å².